The molecule has 5 atom stereocenters. The Morgan fingerprint density at radius 1 is 0.909 bits per heavy atom. The molecule has 1 saturated heterocycles. The van der Waals surface area contributed by atoms with Crippen molar-refractivity contribution in [2.75, 3.05) is 19.8 Å². The van der Waals surface area contributed by atoms with E-state index in [-0.39, 0.29) is 44.7 Å². The van der Waals surface area contributed by atoms with Gasteiger partial charge in [-0.15, -0.1) is 0 Å². The molecular formula is C22H35ClO10. The van der Waals surface area contributed by atoms with E-state index in [9.17, 15) is 19.2 Å². The molecule has 190 valence electrons. The van der Waals surface area contributed by atoms with Gasteiger partial charge in [0, 0.05) is 19.8 Å². The van der Waals surface area contributed by atoms with Gasteiger partial charge in [-0.25, -0.2) is 9.59 Å². The lowest BCUT2D eigenvalue weighted by atomic mass is 9.89. The van der Waals surface area contributed by atoms with Crippen molar-refractivity contribution in [2.24, 2.45) is 5.92 Å². The summed E-state index contributed by atoms with van der Waals surface area (Å²) >= 11 is 6.30. The molecule has 0 spiro atoms. The molecule has 0 amide bonds. The fourth-order valence-corrected chi connectivity index (χ4v) is 3.86. The standard InChI is InChI=1S/C22H35ClO10/c1-7-16-13(4)17(31-14(5)24)18(32-15(6)25)19(33-16)30-12-10-11-22(23,20(26)28-8-2)21(27)29-9-3/h13,16-19H,7-12H2,1-6H3/t13-,16+,17-,18+,19?/m0/s1. The molecule has 1 unspecified atom stereocenters. The van der Waals surface area contributed by atoms with Gasteiger partial charge in [0.2, 0.25) is 4.87 Å². The number of hydrogen-bond donors (Lipinski definition) is 0. The zero-order valence-corrected chi connectivity index (χ0v) is 20.8. The van der Waals surface area contributed by atoms with E-state index in [4.69, 9.17) is 40.0 Å². The molecule has 0 bridgehead atoms. The minimum atomic E-state index is -2.00. The summed E-state index contributed by atoms with van der Waals surface area (Å²) in [6, 6.07) is 0. The highest BCUT2D eigenvalue weighted by Crippen LogP contribution is 2.33. The van der Waals surface area contributed by atoms with Crippen molar-refractivity contribution in [1.82, 2.24) is 0 Å². The predicted octanol–water partition coefficient (Wildman–Crippen LogP) is 2.52. The topological polar surface area (TPSA) is 124 Å². The van der Waals surface area contributed by atoms with Crippen molar-refractivity contribution in [1.29, 1.82) is 0 Å². The molecule has 1 heterocycles. The molecule has 11 heteroatoms. The monoisotopic (exact) mass is 494 g/mol. The van der Waals surface area contributed by atoms with Crippen LogP contribution in [0.15, 0.2) is 0 Å². The van der Waals surface area contributed by atoms with E-state index in [0.717, 1.165) is 0 Å². The Kier molecular flexibility index (Phi) is 12.1. The Morgan fingerprint density at radius 3 is 1.88 bits per heavy atom. The van der Waals surface area contributed by atoms with E-state index in [1.807, 2.05) is 13.8 Å². The molecular weight excluding hydrogens is 460 g/mol. The molecule has 0 aromatic heterocycles. The average Bonchev–Trinajstić information content (AvgIpc) is 2.74. The Labute approximate surface area is 199 Å². The third-order valence-electron chi connectivity index (χ3n) is 5.16. The van der Waals surface area contributed by atoms with Gasteiger partial charge in [-0.1, -0.05) is 25.4 Å². The van der Waals surface area contributed by atoms with Crippen LogP contribution in [-0.4, -0.2) is 73.2 Å². The van der Waals surface area contributed by atoms with Gasteiger partial charge in [0.05, 0.1) is 25.9 Å². The average molecular weight is 495 g/mol. The first kappa shape index (κ1) is 29.1. The number of alkyl halides is 1. The van der Waals surface area contributed by atoms with Crippen LogP contribution in [0.1, 0.15) is 60.8 Å². The predicted molar refractivity (Wildman–Crippen MR) is 116 cm³/mol. The molecule has 0 N–H and O–H groups in total. The number of esters is 4. The van der Waals surface area contributed by atoms with Gasteiger partial charge in [-0.05, 0) is 33.1 Å². The number of carbonyl (C=O) groups is 4. The lowest BCUT2D eigenvalue weighted by Gasteiger charge is -2.44. The molecule has 0 saturated carbocycles. The second kappa shape index (κ2) is 13.7. The molecule has 0 aliphatic carbocycles. The third-order valence-corrected chi connectivity index (χ3v) is 5.66. The molecule has 1 aliphatic rings. The minimum absolute atomic E-state index is 0.00726. The highest BCUT2D eigenvalue weighted by Gasteiger charge is 2.49. The van der Waals surface area contributed by atoms with Crippen LogP contribution < -0.4 is 0 Å². The highest BCUT2D eigenvalue weighted by molar-refractivity contribution is 6.44. The molecule has 33 heavy (non-hydrogen) atoms. The second-order valence-corrected chi connectivity index (χ2v) is 8.32. The van der Waals surface area contributed by atoms with Crippen molar-refractivity contribution < 1.29 is 47.6 Å². The van der Waals surface area contributed by atoms with Crippen LogP contribution in [0.3, 0.4) is 0 Å². The van der Waals surface area contributed by atoms with Crippen LogP contribution in [0.4, 0.5) is 0 Å². The number of ether oxygens (including phenoxy) is 6. The summed E-state index contributed by atoms with van der Waals surface area (Å²) < 4.78 is 32.5. The Morgan fingerprint density at radius 2 is 1.42 bits per heavy atom. The zero-order chi connectivity index (χ0) is 25.2. The quantitative estimate of drug-likeness (QED) is 0.131. The fourth-order valence-electron chi connectivity index (χ4n) is 3.62. The van der Waals surface area contributed by atoms with Gasteiger partial charge < -0.3 is 28.4 Å². The first-order valence-corrected chi connectivity index (χ1v) is 11.5. The van der Waals surface area contributed by atoms with Crippen molar-refractivity contribution >= 4 is 35.5 Å². The molecule has 10 nitrogen and oxygen atoms in total. The molecule has 1 aliphatic heterocycles. The Hall–Kier alpha value is -1.91. The molecule has 0 aromatic rings. The summed E-state index contributed by atoms with van der Waals surface area (Å²) in [5.41, 5.74) is 0. The number of rotatable bonds is 12. The maximum atomic E-state index is 12.3. The van der Waals surface area contributed by atoms with E-state index in [1.54, 1.807) is 13.8 Å². The Bertz CT molecular complexity index is 664. The summed E-state index contributed by atoms with van der Waals surface area (Å²) in [7, 11) is 0. The van der Waals surface area contributed by atoms with Gasteiger partial charge in [0.1, 0.15) is 6.10 Å². The summed E-state index contributed by atoms with van der Waals surface area (Å²) in [6.45, 7) is 9.58. The first-order valence-electron chi connectivity index (χ1n) is 11.2. The van der Waals surface area contributed by atoms with Crippen LogP contribution in [-0.2, 0) is 47.6 Å². The molecule has 1 fully saturated rings. The molecule has 1 rings (SSSR count). The zero-order valence-electron chi connectivity index (χ0n) is 20.1. The maximum Gasteiger partial charge on any atom is 0.338 e. The molecule has 0 aromatic carbocycles. The Balaban J connectivity index is 2.93. The minimum Gasteiger partial charge on any atom is -0.464 e. The first-order chi connectivity index (χ1) is 15.5. The number of carbonyl (C=O) groups excluding carboxylic acids is 4. The van der Waals surface area contributed by atoms with Crippen molar-refractivity contribution in [3.05, 3.63) is 0 Å². The van der Waals surface area contributed by atoms with Crippen molar-refractivity contribution in [3.8, 4) is 0 Å². The summed E-state index contributed by atoms with van der Waals surface area (Å²) in [5, 5.41) is 0. The lowest BCUT2D eigenvalue weighted by Crippen LogP contribution is -2.57. The second-order valence-electron chi connectivity index (χ2n) is 7.67. The van der Waals surface area contributed by atoms with Crippen molar-refractivity contribution in [2.45, 2.75) is 90.3 Å². The summed E-state index contributed by atoms with van der Waals surface area (Å²) in [6.07, 6.45) is -2.41. The summed E-state index contributed by atoms with van der Waals surface area (Å²) in [5.74, 6) is -3.14. The van der Waals surface area contributed by atoms with Crippen LogP contribution in [0.5, 0.6) is 0 Å². The van der Waals surface area contributed by atoms with E-state index in [1.165, 1.54) is 13.8 Å². The number of halogens is 1. The van der Waals surface area contributed by atoms with Crippen LogP contribution in [0, 0.1) is 5.92 Å². The molecule has 0 radical (unpaired) electrons. The largest absolute Gasteiger partial charge is 0.464 e. The highest BCUT2D eigenvalue weighted by atomic mass is 35.5. The smallest absolute Gasteiger partial charge is 0.338 e. The van der Waals surface area contributed by atoms with Crippen LogP contribution in [0.2, 0.25) is 0 Å². The van der Waals surface area contributed by atoms with Gasteiger partial charge >= 0.3 is 23.9 Å². The van der Waals surface area contributed by atoms with E-state index in [0.29, 0.717) is 6.42 Å². The lowest BCUT2D eigenvalue weighted by molar-refractivity contribution is -0.290. The number of hydrogen-bond acceptors (Lipinski definition) is 10. The maximum absolute atomic E-state index is 12.3. The fraction of sp³-hybridized carbons (Fsp3) is 0.818. The van der Waals surface area contributed by atoms with Gasteiger partial charge in [-0.2, -0.15) is 0 Å². The van der Waals surface area contributed by atoms with Crippen molar-refractivity contribution in [3.63, 3.8) is 0 Å². The summed E-state index contributed by atoms with van der Waals surface area (Å²) in [4.78, 5) is 45.9. The van der Waals surface area contributed by atoms with E-state index >= 15 is 0 Å². The van der Waals surface area contributed by atoms with Gasteiger partial charge in [0.25, 0.3) is 0 Å². The third kappa shape index (κ3) is 8.12. The van der Waals surface area contributed by atoms with E-state index < -0.39 is 47.2 Å². The normalized spacial score (nSPS) is 25.1. The van der Waals surface area contributed by atoms with Crippen LogP contribution in [0.25, 0.3) is 0 Å². The SMILES string of the molecule is CCOC(=O)C(Cl)(CCCOC1O[C@H](CC)[C@H](C)[C@H](OC(C)=O)[C@H]1OC(C)=O)C(=O)OCC. The van der Waals surface area contributed by atoms with E-state index in [2.05, 4.69) is 0 Å². The van der Waals surface area contributed by atoms with Gasteiger partial charge in [-0.3, -0.25) is 9.59 Å². The van der Waals surface area contributed by atoms with Crippen LogP contribution >= 0.6 is 11.6 Å². The van der Waals surface area contributed by atoms with Gasteiger partial charge in [0.15, 0.2) is 12.4 Å².